The van der Waals surface area contributed by atoms with Crippen LogP contribution in [0.2, 0.25) is 5.02 Å². The maximum absolute atomic E-state index is 13.0. The van der Waals surface area contributed by atoms with E-state index in [1.807, 2.05) is 31.2 Å². The number of nitrogens with one attached hydrogen (secondary N) is 1. The summed E-state index contributed by atoms with van der Waals surface area (Å²) in [5.74, 6) is 4.27. The van der Waals surface area contributed by atoms with Gasteiger partial charge >= 0.3 is 0 Å². The van der Waals surface area contributed by atoms with E-state index in [4.69, 9.17) is 20.8 Å². The van der Waals surface area contributed by atoms with Crippen molar-refractivity contribution in [3.63, 3.8) is 0 Å². The predicted molar refractivity (Wildman–Crippen MR) is 121 cm³/mol. The van der Waals surface area contributed by atoms with Crippen LogP contribution in [0.25, 0.3) is 0 Å². The zero-order valence-electron chi connectivity index (χ0n) is 18.5. The lowest BCUT2D eigenvalue weighted by Crippen LogP contribution is -2.56. The maximum Gasteiger partial charge on any atom is 0.287 e. The number of halogens is 1. The Morgan fingerprint density at radius 1 is 1.16 bits per heavy atom. The Morgan fingerprint density at radius 3 is 2.45 bits per heavy atom. The van der Waals surface area contributed by atoms with E-state index in [1.54, 1.807) is 6.07 Å². The lowest BCUT2D eigenvalue weighted by Gasteiger charge is -2.59. The molecule has 4 aliphatic carbocycles. The summed E-state index contributed by atoms with van der Waals surface area (Å²) in [4.78, 5) is 13.0. The van der Waals surface area contributed by atoms with Crippen molar-refractivity contribution in [1.82, 2.24) is 5.32 Å². The number of benzene rings is 1. The standard InChI is InChI=1S/C26H32ClNO3/c1-3-24(26-12-17-9-18(13-26)11-19(10-17)14-26)28-25(29)23-7-5-21(31-23)15-30-20-4-6-22(27)16(2)8-20/h4-8,17-19,24H,3,9-15H2,1-2H3,(H,28,29)/t17?,18?,19?,24-,26?/m1/s1. The first-order valence-electron chi connectivity index (χ1n) is 11.7. The minimum atomic E-state index is -0.101. The third-order valence-corrected chi connectivity index (χ3v) is 8.36. The summed E-state index contributed by atoms with van der Waals surface area (Å²) in [5, 5.41) is 4.07. The second kappa shape index (κ2) is 8.20. The van der Waals surface area contributed by atoms with Crippen LogP contribution in [-0.4, -0.2) is 11.9 Å². The third kappa shape index (κ3) is 4.11. The molecule has 4 nitrogen and oxygen atoms in total. The van der Waals surface area contributed by atoms with Gasteiger partial charge in [-0.25, -0.2) is 0 Å². The summed E-state index contributed by atoms with van der Waals surface area (Å²) < 4.78 is 11.6. The molecule has 1 aromatic carbocycles. The van der Waals surface area contributed by atoms with Crippen molar-refractivity contribution in [2.24, 2.45) is 23.2 Å². The van der Waals surface area contributed by atoms with Gasteiger partial charge in [-0.3, -0.25) is 4.79 Å². The Hall–Kier alpha value is -1.94. The molecular weight excluding hydrogens is 410 g/mol. The highest BCUT2D eigenvalue weighted by Crippen LogP contribution is 2.61. The van der Waals surface area contributed by atoms with Crippen LogP contribution in [0.15, 0.2) is 34.7 Å². The van der Waals surface area contributed by atoms with Crippen LogP contribution >= 0.6 is 11.6 Å². The van der Waals surface area contributed by atoms with Crippen LogP contribution in [0.3, 0.4) is 0 Å². The summed E-state index contributed by atoms with van der Waals surface area (Å²) in [6, 6.07) is 9.37. The van der Waals surface area contributed by atoms with Crippen LogP contribution in [-0.2, 0) is 6.61 Å². The van der Waals surface area contributed by atoms with Gasteiger partial charge in [-0.05, 0) is 111 Å². The average Bonchev–Trinajstić information content (AvgIpc) is 3.21. The number of carbonyl (C=O) groups is 1. The fraction of sp³-hybridized carbons (Fsp3) is 0.577. The number of aryl methyl sites for hydroxylation is 1. The van der Waals surface area contributed by atoms with E-state index in [0.717, 1.165) is 35.5 Å². The molecule has 4 fully saturated rings. The Morgan fingerprint density at radius 2 is 1.84 bits per heavy atom. The van der Waals surface area contributed by atoms with Crippen molar-refractivity contribution in [2.45, 2.75) is 71.4 Å². The molecule has 0 aliphatic heterocycles. The first-order valence-corrected chi connectivity index (χ1v) is 12.1. The van der Waals surface area contributed by atoms with E-state index in [0.29, 0.717) is 22.0 Å². The quantitative estimate of drug-likeness (QED) is 0.530. The van der Waals surface area contributed by atoms with Gasteiger partial charge < -0.3 is 14.5 Å². The van der Waals surface area contributed by atoms with Gasteiger partial charge in [-0.2, -0.15) is 0 Å². The van der Waals surface area contributed by atoms with Gasteiger partial charge in [0.15, 0.2) is 5.76 Å². The monoisotopic (exact) mass is 441 g/mol. The van der Waals surface area contributed by atoms with Crippen LogP contribution < -0.4 is 10.1 Å². The predicted octanol–water partition coefficient (Wildman–Crippen LogP) is 6.55. The fourth-order valence-corrected chi connectivity index (χ4v) is 7.08. The highest BCUT2D eigenvalue weighted by Gasteiger charge is 2.54. The Labute approximate surface area is 189 Å². The fourth-order valence-electron chi connectivity index (χ4n) is 6.96. The number of rotatable bonds is 7. The number of hydrogen-bond acceptors (Lipinski definition) is 3. The molecule has 6 rings (SSSR count). The topological polar surface area (TPSA) is 51.5 Å². The number of furan rings is 1. The molecule has 1 N–H and O–H groups in total. The summed E-state index contributed by atoms with van der Waals surface area (Å²) >= 11 is 6.07. The smallest absolute Gasteiger partial charge is 0.287 e. The highest BCUT2D eigenvalue weighted by atomic mass is 35.5. The van der Waals surface area contributed by atoms with E-state index in [-0.39, 0.29) is 18.6 Å². The van der Waals surface area contributed by atoms with E-state index >= 15 is 0 Å². The molecule has 2 aromatic rings. The van der Waals surface area contributed by atoms with Gasteiger partial charge in [-0.1, -0.05) is 18.5 Å². The molecule has 0 unspecified atom stereocenters. The summed E-state index contributed by atoms with van der Waals surface area (Å²) in [6.45, 7) is 4.43. The molecule has 1 amide bonds. The molecule has 0 saturated heterocycles. The lowest BCUT2D eigenvalue weighted by atomic mass is 9.47. The molecule has 4 saturated carbocycles. The van der Waals surface area contributed by atoms with E-state index < -0.39 is 0 Å². The van der Waals surface area contributed by atoms with Crippen molar-refractivity contribution in [3.05, 3.63) is 52.4 Å². The Balaban J connectivity index is 1.22. The molecule has 4 bridgehead atoms. The Bertz CT molecular complexity index is 930. The second-order valence-electron chi connectivity index (χ2n) is 10.2. The zero-order chi connectivity index (χ0) is 21.6. The minimum absolute atomic E-state index is 0.101. The van der Waals surface area contributed by atoms with Gasteiger partial charge in [0.2, 0.25) is 0 Å². The average molecular weight is 442 g/mol. The summed E-state index contributed by atoms with van der Waals surface area (Å²) in [5.41, 5.74) is 1.26. The maximum atomic E-state index is 13.0. The van der Waals surface area contributed by atoms with Crippen molar-refractivity contribution in [3.8, 4) is 5.75 Å². The normalized spacial score (nSPS) is 29.7. The first-order chi connectivity index (χ1) is 14.9. The molecule has 1 heterocycles. The second-order valence-corrected chi connectivity index (χ2v) is 10.6. The first kappa shape index (κ1) is 20.9. The van der Waals surface area contributed by atoms with Crippen molar-refractivity contribution in [1.29, 1.82) is 0 Å². The van der Waals surface area contributed by atoms with Crippen molar-refractivity contribution < 1.29 is 13.9 Å². The largest absolute Gasteiger partial charge is 0.486 e. The van der Waals surface area contributed by atoms with E-state index in [9.17, 15) is 4.79 Å². The third-order valence-electron chi connectivity index (χ3n) is 7.93. The molecule has 5 heteroatoms. The minimum Gasteiger partial charge on any atom is -0.486 e. The summed E-state index contributed by atoms with van der Waals surface area (Å²) in [6.07, 6.45) is 9.08. The zero-order valence-corrected chi connectivity index (χ0v) is 19.2. The van der Waals surface area contributed by atoms with Crippen LogP contribution in [0.4, 0.5) is 0 Å². The van der Waals surface area contributed by atoms with Crippen LogP contribution in [0.5, 0.6) is 5.75 Å². The van der Waals surface area contributed by atoms with Crippen molar-refractivity contribution >= 4 is 17.5 Å². The van der Waals surface area contributed by atoms with Gasteiger partial charge in [0, 0.05) is 11.1 Å². The van der Waals surface area contributed by atoms with Crippen molar-refractivity contribution in [2.75, 3.05) is 0 Å². The molecule has 1 atom stereocenters. The highest BCUT2D eigenvalue weighted by molar-refractivity contribution is 6.31. The molecule has 0 radical (unpaired) electrons. The summed E-state index contributed by atoms with van der Waals surface area (Å²) in [7, 11) is 0. The van der Waals surface area contributed by atoms with Gasteiger partial charge in [0.05, 0.1) is 0 Å². The SMILES string of the molecule is CC[C@@H](NC(=O)c1ccc(COc2ccc(Cl)c(C)c2)o1)C12CC3CC(CC(C3)C1)C2. The number of amides is 1. The van der Waals surface area contributed by atoms with Crippen LogP contribution in [0, 0.1) is 30.1 Å². The molecule has 166 valence electrons. The van der Waals surface area contributed by atoms with E-state index in [1.165, 1.54) is 38.5 Å². The lowest BCUT2D eigenvalue weighted by molar-refractivity contribution is -0.0728. The molecule has 0 spiro atoms. The van der Waals surface area contributed by atoms with Gasteiger partial charge in [0.1, 0.15) is 18.1 Å². The van der Waals surface area contributed by atoms with Gasteiger partial charge in [-0.15, -0.1) is 0 Å². The molecule has 4 aliphatic rings. The van der Waals surface area contributed by atoms with Gasteiger partial charge in [0.25, 0.3) is 5.91 Å². The number of ether oxygens (including phenoxy) is 1. The van der Waals surface area contributed by atoms with Crippen LogP contribution in [0.1, 0.15) is 73.7 Å². The number of hydrogen-bond donors (Lipinski definition) is 1. The number of carbonyl (C=O) groups excluding carboxylic acids is 1. The molecule has 1 aromatic heterocycles. The Kier molecular flexibility index (Phi) is 5.54. The molecular formula is C26H32ClNO3. The van der Waals surface area contributed by atoms with E-state index in [2.05, 4.69) is 12.2 Å². The molecule has 31 heavy (non-hydrogen) atoms.